The van der Waals surface area contributed by atoms with E-state index in [-0.39, 0.29) is 5.97 Å². The normalized spacial score (nSPS) is 18.2. The second-order valence-electron chi connectivity index (χ2n) is 3.53. The summed E-state index contributed by atoms with van der Waals surface area (Å²) in [5.74, 6) is -0.264. The van der Waals surface area contributed by atoms with Gasteiger partial charge in [-0.2, -0.15) is 0 Å². The van der Waals surface area contributed by atoms with Crippen LogP contribution in [0.2, 0.25) is 0 Å². The molecule has 0 spiro atoms. The van der Waals surface area contributed by atoms with Crippen LogP contribution in [0.5, 0.6) is 0 Å². The Bertz CT molecular complexity index is 387. The summed E-state index contributed by atoms with van der Waals surface area (Å²) in [7, 11) is 0. The van der Waals surface area contributed by atoms with Crippen molar-refractivity contribution in [3.05, 3.63) is 23.4 Å². The summed E-state index contributed by atoms with van der Waals surface area (Å²) in [6, 6.07) is 3.64. The molecular formula is C9H10AsNO2. The molecule has 1 unspecified atom stereocenters. The third-order valence-corrected chi connectivity index (χ3v) is 2.73. The van der Waals surface area contributed by atoms with Crippen molar-refractivity contribution < 1.29 is 9.53 Å². The first-order valence-corrected chi connectivity index (χ1v) is 5.22. The minimum atomic E-state index is -0.561. The van der Waals surface area contributed by atoms with Gasteiger partial charge in [-0.1, -0.05) is 0 Å². The van der Waals surface area contributed by atoms with Crippen LogP contribution in [0.25, 0.3) is 0 Å². The first-order valence-electron chi connectivity index (χ1n) is 4.01. The number of hydrogen-bond acceptors (Lipinski definition) is 3. The molecule has 0 N–H and O–H groups in total. The van der Waals surface area contributed by atoms with E-state index in [0.717, 1.165) is 10.2 Å². The van der Waals surface area contributed by atoms with E-state index in [1.807, 2.05) is 19.9 Å². The second-order valence-corrected chi connectivity index (χ2v) is 4.77. The Morgan fingerprint density at radius 1 is 1.46 bits per heavy atom. The summed E-state index contributed by atoms with van der Waals surface area (Å²) in [4.78, 5) is 15.7. The molecule has 0 bridgehead atoms. The molecule has 0 saturated carbocycles. The summed E-state index contributed by atoms with van der Waals surface area (Å²) < 4.78 is 6.15. The molecule has 4 heteroatoms. The Balaban J connectivity index is 2.66. The predicted molar refractivity (Wildman–Crippen MR) is 50.9 cm³/mol. The van der Waals surface area contributed by atoms with Gasteiger partial charge in [-0.05, 0) is 0 Å². The Labute approximate surface area is 85.0 Å². The molecule has 1 aliphatic rings. The van der Waals surface area contributed by atoms with E-state index < -0.39 is 5.60 Å². The average molecular weight is 239 g/mol. The topological polar surface area (TPSA) is 39.2 Å². The number of cyclic esters (lactones) is 1. The van der Waals surface area contributed by atoms with Gasteiger partial charge >= 0.3 is 84.7 Å². The monoisotopic (exact) mass is 239 g/mol. The van der Waals surface area contributed by atoms with Crippen LogP contribution in [-0.4, -0.2) is 27.8 Å². The van der Waals surface area contributed by atoms with Crippen molar-refractivity contribution >= 4 is 27.3 Å². The number of carbonyl (C=O) groups is 1. The number of fused-ring (bicyclic) bond motifs is 1. The number of rotatable bonds is 0. The molecule has 0 amide bonds. The van der Waals surface area contributed by atoms with Crippen LogP contribution in [-0.2, 0) is 10.3 Å². The van der Waals surface area contributed by atoms with Gasteiger partial charge in [0.25, 0.3) is 0 Å². The zero-order valence-electron chi connectivity index (χ0n) is 7.50. The molecule has 1 atom stereocenters. The van der Waals surface area contributed by atoms with Gasteiger partial charge in [-0.25, -0.2) is 0 Å². The molecule has 68 valence electrons. The molecule has 1 aromatic heterocycles. The van der Waals surface area contributed by atoms with E-state index >= 15 is 0 Å². The van der Waals surface area contributed by atoms with Gasteiger partial charge in [-0.15, -0.1) is 0 Å². The van der Waals surface area contributed by atoms with Crippen molar-refractivity contribution in [3.8, 4) is 0 Å². The minimum absolute atomic E-state index is 0.264. The summed E-state index contributed by atoms with van der Waals surface area (Å²) in [5, 5.41) is 0. The van der Waals surface area contributed by atoms with E-state index in [1.54, 1.807) is 6.07 Å². The van der Waals surface area contributed by atoms with Crippen molar-refractivity contribution in [1.82, 2.24) is 4.98 Å². The van der Waals surface area contributed by atoms with Gasteiger partial charge in [0.05, 0.1) is 0 Å². The Hall–Kier alpha value is -0.822. The third-order valence-electron chi connectivity index (χ3n) is 2.05. The average Bonchev–Trinajstić information content (AvgIpc) is 2.23. The molecule has 13 heavy (non-hydrogen) atoms. The van der Waals surface area contributed by atoms with Crippen molar-refractivity contribution in [2.75, 3.05) is 0 Å². The first-order chi connectivity index (χ1) is 6.00. The summed E-state index contributed by atoms with van der Waals surface area (Å²) >= 11 is 1.45. The van der Waals surface area contributed by atoms with Crippen LogP contribution in [0.3, 0.4) is 0 Å². The Morgan fingerprint density at radius 3 is 2.85 bits per heavy atom. The van der Waals surface area contributed by atoms with E-state index in [2.05, 4.69) is 4.98 Å². The molecule has 0 radical (unpaired) electrons. The Kier molecular flexibility index (Phi) is 1.74. The molecule has 3 nitrogen and oxygen atoms in total. The Morgan fingerprint density at radius 2 is 2.15 bits per heavy atom. The van der Waals surface area contributed by atoms with E-state index in [0.29, 0.717) is 5.56 Å². The van der Waals surface area contributed by atoms with Crippen molar-refractivity contribution in [1.29, 1.82) is 0 Å². The zero-order valence-corrected chi connectivity index (χ0v) is 9.92. The summed E-state index contributed by atoms with van der Waals surface area (Å²) in [6.07, 6.45) is 0. The number of nitrogens with zero attached hydrogens (tertiary/aromatic N) is 1. The molecular weight excluding hydrogens is 229 g/mol. The molecule has 2 rings (SSSR count). The fraction of sp³-hybridized carbons (Fsp3) is 0.333. The third kappa shape index (κ3) is 1.27. The first kappa shape index (κ1) is 8.76. The van der Waals surface area contributed by atoms with Crippen LogP contribution >= 0.6 is 0 Å². The predicted octanol–water partition coefficient (Wildman–Crippen LogP) is -0.254. The molecule has 0 aliphatic carbocycles. The van der Waals surface area contributed by atoms with Gasteiger partial charge in [0.15, 0.2) is 0 Å². The van der Waals surface area contributed by atoms with Crippen LogP contribution in [0, 0.1) is 0 Å². The van der Waals surface area contributed by atoms with Gasteiger partial charge in [0.1, 0.15) is 0 Å². The standard InChI is InChI=1S/C9H10AsNO2/c1-9(2)7-5(8(12)13-9)3-4-6(10)11-7/h3-4H,10H2,1-2H3. The number of hydrogen-bond donors (Lipinski definition) is 0. The summed E-state index contributed by atoms with van der Waals surface area (Å²) in [5.41, 5.74) is 0.805. The van der Waals surface area contributed by atoms with E-state index in [4.69, 9.17) is 4.74 Å². The van der Waals surface area contributed by atoms with Gasteiger partial charge in [0, 0.05) is 0 Å². The van der Waals surface area contributed by atoms with Crippen molar-refractivity contribution in [3.63, 3.8) is 0 Å². The molecule has 1 aromatic rings. The number of esters is 1. The summed E-state index contributed by atoms with van der Waals surface area (Å²) in [6.45, 7) is 3.71. The van der Waals surface area contributed by atoms with E-state index in [9.17, 15) is 4.79 Å². The maximum absolute atomic E-state index is 11.3. The quantitative estimate of drug-likeness (QED) is 0.462. The molecule has 2 heterocycles. The molecule has 1 aliphatic heterocycles. The van der Waals surface area contributed by atoms with E-state index in [1.165, 1.54) is 16.9 Å². The van der Waals surface area contributed by atoms with Gasteiger partial charge in [0.2, 0.25) is 0 Å². The van der Waals surface area contributed by atoms with Crippen LogP contribution in [0.15, 0.2) is 12.1 Å². The molecule has 0 saturated heterocycles. The number of aromatic nitrogens is 1. The SMILES string of the molecule is CC1(C)OC(=O)c2ccc([AsH2])nc21. The van der Waals surface area contributed by atoms with Gasteiger partial charge in [-0.3, -0.25) is 0 Å². The van der Waals surface area contributed by atoms with Crippen LogP contribution in [0.1, 0.15) is 29.9 Å². The van der Waals surface area contributed by atoms with Crippen molar-refractivity contribution in [2.45, 2.75) is 19.4 Å². The fourth-order valence-electron chi connectivity index (χ4n) is 1.43. The number of carbonyl (C=O) groups excluding carboxylic acids is 1. The fourth-order valence-corrected chi connectivity index (χ4v) is 1.91. The van der Waals surface area contributed by atoms with Gasteiger partial charge < -0.3 is 0 Å². The second kappa shape index (κ2) is 2.58. The number of pyridine rings is 1. The van der Waals surface area contributed by atoms with Crippen LogP contribution in [0.4, 0.5) is 0 Å². The zero-order chi connectivity index (χ0) is 9.64. The molecule has 0 aromatic carbocycles. The van der Waals surface area contributed by atoms with Crippen molar-refractivity contribution in [2.24, 2.45) is 0 Å². The number of ether oxygens (including phenoxy) is 1. The molecule has 0 fully saturated rings. The van der Waals surface area contributed by atoms with Crippen LogP contribution < -0.4 is 4.48 Å². The maximum atomic E-state index is 11.3.